The molecule has 0 saturated heterocycles. The Morgan fingerprint density at radius 3 is 2.16 bits per heavy atom. The Kier molecular flexibility index (Phi) is 5.59. The molecule has 2 N–H and O–H groups in total. The molecule has 134 valence electrons. The van der Waals surface area contributed by atoms with E-state index in [4.69, 9.17) is 0 Å². The molecule has 0 aliphatic carbocycles. The smallest absolute Gasteiger partial charge is 0.241 e. The van der Waals surface area contributed by atoms with Gasteiger partial charge in [-0.3, -0.25) is 4.79 Å². The number of halogens is 1. The Hall–Kier alpha value is -2.25. The molecule has 0 fully saturated rings. The lowest BCUT2D eigenvalue weighted by Gasteiger charge is -2.13. The summed E-state index contributed by atoms with van der Waals surface area (Å²) in [5.74, 6) is -0.959. The summed E-state index contributed by atoms with van der Waals surface area (Å²) in [5.41, 5.74) is 3.79. The number of benzene rings is 2. The first-order valence-corrected chi connectivity index (χ1v) is 9.22. The van der Waals surface area contributed by atoms with Crippen molar-refractivity contribution in [3.8, 4) is 0 Å². The number of amides is 1. The third kappa shape index (κ3) is 4.64. The van der Waals surface area contributed by atoms with Crippen molar-refractivity contribution in [3.63, 3.8) is 0 Å². The van der Waals surface area contributed by atoms with Crippen molar-refractivity contribution in [2.75, 3.05) is 11.9 Å². The maximum absolute atomic E-state index is 13.3. The minimum Gasteiger partial charge on any atom is -0.324 e. The molecular weight excluding hydrogens is 343 g/mol. The maximum atomic E-state index is 13.3. The van der Waals surface area contributed by atoms with Crippen LogP contribution in [0.2, 0.25) is 0 Å². The van der Waals surface area contributed by atoms with E-state index in [9.17, 15) is 17.6 Å². The van der Waals surface area contributed by atoms with E-state index in [0.717, 1.165) is 28.8 Å². The van der Waals surface area contributed by atoms with Crippen molar-refractivity contribution in [1.82, 2.24) is 4.72 Å². The first kappa shape index (κ1) is 19.1. The van der Waals surface area contributed by atoms with E-state index < -0.39 is 28.3 Å². The predicted octanol–water partition coefficient (Wildman–Crippen LogP) is 2.98. The molecule has 7 heteroatoms. The predicted molar refractivity (Wildman–Crippen MR) is 95.6 cm³/mol. The number of hydrogen-bond donors (Lipinski definition) is 2. The summed E-state index contributed by atoms with van der Waals surface area (Å²) in [5, 5.41) is 2.72. The van der Waals surface area contributed by atoms with Gasteiger partial charge in [-0.15, -0.1) is 0 Å². The fraction of sp³-hybridized carbons (Fsp3) is 0.278. The van der Waals surface area contributed by atoms with Gasteiger partial charge in [0.15, 0.2) is 0 Å². The highest BCUT2D eigenvalue weighted by Crippen LogP contribution is 2.21. The zero-order valence-electron chi connectivity index (χ0n) is 14.6. The fourth-order valence-electron chi connectivity index (χ4n) is 2.59. The number of hydrogen-bond acceptors (Lipinski definition) is 3. The number of carbonyl (C=O) groups is 1. The zero-order valence-corrected chi connectivity index (χ0v) is 15.4. The second-order valence-corrected chi connectivity index (χ2v) is 7.82. The van der Waals surface area contributed by atoms with E-state index in [0.29, 0.717) is 5.69 Å². The number of aryl methyl sites for hydroxylation is 4. The van der Waals surface area contributed by atoms with Gasteiger partial charge in [-0.25, -0.2) is 17.5 Å². The number of carbonyl (C=O) groups excluding carboxylic acids is 1. The molecule has 2 rings (SSSR count). The van der Waals surface area contributed by atoms with Gasteiger partial charge in [0.25, 0.3) is 0 Å². The molecule has 0 heterocycles. The summed E-state index contributed by atoms with van der Waals surface area (Å²) in [6, 6.07) is 7.35. The van der Waals surface area contributed by atoms with Crippen LogP contribution in [-0.2, 0) is 14.8 Å². The van der Waals surface area contributed by atoms with Crippen LogP contribution in [0.25, 0.3) is 0 Å². The monoisotopic (exact) mass is 364 g/mol. The first-order chi connectivity index (χ1) is 11.6. The van der Waals surface area contributed by atoms with Crippen LogP contribution in [0.3, 0.4) is 0 Å². The van der Waals surface area contributed by atoms with Gasteiger partial charge in [0.05, 0.1) is 11.4 Å². The van der Waals surface area contributed by atoms with E-state index in [2.05, 4.69) is 10.0 Å². The zero-order chi connectivity index (χ0) is 18.8. The lowest BCUT2D eigenvalue weighted by Crippen LogP contribution is -2.33. The van der Waals surface area contributed by atoms with Gasteiger partial charge in [-0.2, -0.15) is 0 Å². The van der Waals surface area contributed by atoms with Crippen molar-refractivity contribution in [2.45, 2.75) is 32.6 Å². The SMILES string of the molecule is Cc1cc(C)c(NC(=O)CNS(=O)(=O)c2ccc(F)c(C)c2)c(C)c1. The van der Waals surface area contributed by atoms with Crippen LogP contribution in [0, 0.1) is 33.5 Å². The summed E-state index contributed by atoms with van der Waals surface area (Å²) < 4.78 is 39.9. The highest BCUT2D eigenvalue weighted by molar-refractivity contribution is 7.89. The quantitative estimate of drug-likeness (QED) is 0.856. The highest BCUT2D eigenvalue weighted by Gasteiger charge is 2.17. The number of rotatable bonds is 5. The summed E-state index contributed by atoms with van der Waals surface area (Å²) in [6.07, 6.45) is 0. The van der Waals surface area contributed by atoms with Crippen molar-refractivity contribution in [2.24, 2.45) is 0 Å². The fourth-order valence-corrected chi connectivity index (χ4v) is 3.66. The van der Waals surface area contributed by atoms with Crippen molar-refractivity contribution in [3.05, 3.63) is 58.4 Å². The molecular formula is C18H21FN2O3S. The van der Waals surface area contributed by atoms with Gasteiger partial charge in [0.1, 0.15) is 5.82 Å². The summed E-state index contributed by atoms with van der Waals surface area (Å²) >= 11 is 0. The maximum Gasteiger partial charge on any atom is 0.241 e. The topological polar surface area (TPSA) is 75.3 Å². The second kappa shape index (κ2) is 7.33. The average molecular weight is 364 g/mol. The van der Waals surface area contributed by atoms with Gasteiger partial charge in [0.2, 0.25) is 15.9 Å². The van der Waals surface area contributed by atoms with E-state index in [1.165, 1.54) is 13.0 Å². The minimum atomic E-state index is -3.89. The number of nitrogens with one attached hydrogen (secondary N) is 2. The van der Waals surface area contributed by atoms with E-state index in [1.54, 1.807) is 0 Å². The molecule has 0 aromatic heterocycles. The van der Waals surface area contributed by atoms with Crippen LogP contribution in [0.1, 0.15) is 22.3 Å². The molecule has 0 atom stereocenters. The second-order valence-electron chi connectivity index (χ2n) is 6.06. The molecule has 0 bridgehead atoms. The molecule has 0 aliphatic heterocycles. The van der Waals surface area contributed by atoms with E-state index >= 15 is 0 Å². The van der Waals surface area contributed by atoms with Crippen molar-refractivity contribution >= 4 is 21.6 Å². The van der Waals surface area contributed by atoms with Crippen molar-refractivity contribution in [1.29, 1.82) is 0 Å². The highest BCUT2D eigenvalue weighted by atomic mass is 32.2. The molecule has 2 aromatic rings. The number of anilines is 1. The summed E-state index contributed by atoms with van der Waals surface area (Å²) in [6.45, 7) is 6.78. The molecule has 0 aliphatic rings. The Morgan fingerprint density at radius 1 is 1.00 bits per heavy atom. The van der Waals surface area contributed by atoms with Gasteiger partial charge >= 0.3 is 0 Å². The Balaban J connectivity index is 2.08. The molecule has 0 radical (unpaired) electrons. The Labute approximate surface area is 147 Å². The molecule has 0 saturated carbocycles. The van der Waals surface area contributed by atoms with Gasteiger partial charge in [-0.1, -0.05) is 17.7 Å². The molecule has 0 unspecified atom stereocenters. The van der Waals surface area contributed by atoms with Crippen LogP contribution in [0.15, 0.2) is 35.2 Å². The first-order valence-electron chi connectivity index (χ1n) is 7.73. The van der Waals surface area contributed by atoms with Gasteiger partial charge in [-0.05, 0) is 62.6 Å². The lowest BCUT2D eigenvalue weighted by molar-refractivity contribution is -0.115. The van der Waals surface area contributed by atoms with Gasteiger partial charge in [0, 0.05) is 5.69 Å². The molecule has 2 aromatic carbocycles. The third-order valence-corrected chi connectivity index (χ3v) is 5.20. The Bertz CT molecular complexity index is 901. The van der Waals surface area contributed by atoms with Crippen LogP contribution >= 0.6 is 0 Å². The average Bonchev–Trinajstić information content (AvgIpc) is 2.51. The Morgan fingerprint density at radius 2 is 1.60 bits per heavy atom. The molecule has 25 heavy (non-hydrogen) atoms. The third-order valence-electron chi connectivity index (χ3n) is 3.80. The largest absolute Gasteiger partial charge is 0.324 e. The van der Waals surface area contributed by atoms with Crippen LogP contribution in [0.5, 0.6) is 0 Å². The summed E-state index contributed by atoms with van der Waals surface area (Å²) in [7, 11) is -3.89. The molecule has 0 spiro atoms. The molecule has 5 nitrogen and oxygen atoms in total. The molecule has 1 amide bonds. The van der Waals surface area contributed by atoms with Crippen molar-refractivity contribution < 1.29 is 17.6 Å². The number of sulfonamides is 1. The van der Waals surface area contributed by atoms with Crippen LogP contribution in [-0.4, -0.2) is 20.9 Å². The van der Waals surface area contributed by atoms with E-state index in [-0.39, 0.29) is 10.5 Å². The normalized spacial score (nSPS) is 11.4. The van der Waals surface area contributed by atoms with Crippen LogP contribution < -0.4 is 10.0 Å². The standard InChI is InChI=1S/C18H21FN2O3S/c1-11-7-13(3)18(14(4)8-11)21-17(22)10-20-25(23,24)15-5-6-16(19)12(2)9-15/h5-9,20H,10H2,1-4H3,(H,21,22). The van der Waals surface area contributed by atoms with E-state index in [1.807, 2.05) is 32.9 Å². The minimum absolute atomic E-state index is 0.0816. The lowest BCUT2D eigenvalue weighted by atomic mass is 10.1. The van der Waals surface area contributed by atoms with Crippen LogP contribution in [0.4, 0.5) is 10.1 Å². The summed E-state index contributed by atoms with van der Waals surface area (Å²) in [4.78, 5) is 12.0. The van der Waals surface area contributed by atoms with Gasteiger partial charge < -0.3 is 5.32 Å².